The van der Waals surface area contributed by atoms with E-state index in [0.717, 1.165) is 43.9 Å². The van der Waals surface area contributed by atoms with E-state index in [4.69, 9.17) is 4.74 Å². The molecule has 0 saturated carbocycles. The van der Waals surface area contributed by atoms with E-state index >= 15 is 0 Å². The molecule has 2 saturated heterocycles. The molecule has 2 fully saturated rings. The van der Waals surface area contributed by atoms with Crippen LogP contribution in [0.25, 0.3) is 11.3 Å². The fourth-order valence-electron chi connectivity index (χ4n) is 4.25. The van der Waals surface area contributed by atoms with Crippen molar-refractivity contribution in [3.8, 4) is 11.3 Å². The molecule has 2 atom stereocenters. The van der Waals surface area contributed by atoms with Gasteiger partial charge in [0.15, 0.2) is 0 Å². The highest BCUT2D eigenvalue weighted by molar-refractivity contribution is 5.67. The topological polar surface area (TPSA) is 55.2 Å². The molecular formula is C21H31N5O. The molecule has 2 aliphatic heterocycles. The number of nitrogens with zero attached hydrogens (tertiary/aromatic N) is 4. The van der Waals surface area contributed by atoms with Gasteiger partial charge < -0.3 is 15.0 Å². The van der Waals surface area contributed by atoms with Crippen LogP contribution in [0.1, 0.15) is 37.7 Å². The van der Waals surface area contributed by atoms with E-state index in [1.54, 1.807) is 0 Å². The monoisotopic (exact) mass is 369 g/mol. The van der Waals surface area contributed by atoms with E-state index in [-0.39, 0.29) is 6.10 Å². The van der Waals surface area contributed by atoms with Gasteiger partial charge in [-0.25, -0.2) is 4.68 Å². The van der Waals surface area contributed by atoms with Crippen LogP contribution in [0.5, 0.6) is 0 Å². The molecule has 4 rings (SSSR count). The number of rotatable bonds is 5. The summed E-state index contributed by atoms with van der Waals surface area (Å²) in [5.74, 6) is 0. The van der Waals surface area contributed by atoms with Crippen LogP contribution in [-0.4, -0.2) is 53.9 Å². The highest BCUT2D eigenvalue weighted by Crippen LogP contribution is 2.28. The van der Waals surface area contributed by atoms with Gasteiger partial charge in [0.2, 0.25) is 0 Å². The number of aryl methyl sites for hydroxylation is 1. The number of hydrogen-bond acceptors (Lipinski definition) is 5. The maximum Gasteiger partial charge on any atom is 0.113 e. The van der Waals surface area contributed by atoms with Crippen molar-refractivity contribution in [2.45, 2.75) is 57.7 Å². The molecule has 6 heteroatoms. The number of ether oxygens (including phenoxy) is 1. The molecule has 2 unspecified atom stereocenters. The van der Waals surface area contributed by atoms with Crippen LogP contribution in [0.2, 0.25) is 0 Å². The highest BCUT2D eigenvalue weighted by atomic mass is 16.5. The van der Waals surface area contributed by atoms with Crippen LogP contribution in [-0.2, 0) is 11.3 Å². The van der Waals surface area contributed by atoms with Crippen molar-refractivity contribution >= 4 is 5.69 Å². The first kappa shape index (κ1) is 18.4. The Morgan fingerprint density at radius 1 is 1.22 bits per heavy atom. The summed E-state index contributed by atoms with van der Waals surface area (Å²) < 4.78 is 7.75. The zero-order valence-electron chi connectivity index (χ0n) is 16.5. The van der Waals surface area contributed by atoms with Crippen molar-refractivity contribution in [1.82, 2.24) is 20.3 Å². The summed E-state index contributed by atoms with van der Waals surface area (Å²) in [6.45, 7) is 6.05. The van der Waals surface area contributed by atoms with Gasteiger partial charge in [0.05, 0.1) is 18.8 Å². The molecule has 2 aromatic rings. The lowest BCUT2D eigenvalue weighted by Crippen LogP contribution is -2.44. The van der Waals surface area contributed by atoms with Gasteiger partial charge >= 0.3 is 0 Å². The molecule has 0 bridgehead atoms. The number of aromatic nitrogens is 3. The second-order valence-corrected chi connectivity index (χ2v) is 7.89. The first-order valence-electron chi connectivity index (χ1n) is 10.3. The predicted molar refractivity (Wildman–Crippen MR) is 108 cm³/mol. The molecule has 27 heavy (non-hydrogen) atoms. The van der Waals surface area contributed by atoms with E-state index < -0.39 is 0 Å². The number of benzene rings is 1. The summed E-state index contributed by atoms with van der Waals surface area (Å²) in [5.41, 5.74) is 4.66. The van der Waals surface area contributed by atoms with E-state index in [1.807, 2.05) is 4.68 Å². The van der Waals surface area contributed by atoms with E-state index in [9.17, 15) is 0 Å². The molecule has 1 aromatic heterocycles. The van der Waals surface area contributed by atoms with E-state index in [0.29, 0.717) is 6.04 Å². The molecule has 3 heterocycles. The molecule has 1 aromatic carbocycles. The van der Waals surface area contributed by atoms with Crippen molar-refractivity contribution in [2.75, 3.05) is 31.6 Å². The second kappa shape index (κ2) is 8.40. The molecule has 0 aliphatic carbocycles. The molecule has 6 nitrogen and oxygen atoms in total. The first-order valence-corrected chi connectivity index (χ1v) is 10.3. The maximum absolute atomic E-state index is 5.82. The first-order chi connectivity index (χ1) is 13.2. The summed E-state index contributed by atoms with van der Waals surface area (Å²) in [6.07, 6.45) is 8.37. The number of piperidine rings is 1. The Balaban J connectivity index is 1.46. The minimum absolute atomic E-state index is 0.274. The number of nitrogens with one attached hydrogen (secondary N) is 1. The summed E-state index contributed by atoms with van der Waals surface area (Å²) in [5, 5.41) is 12.2. The summed E-state index contributed by atoms with van der Waals surface area (Å²) in [6, 6.07) is 7.29. The van der Waals surface area contributed by atoms with E-state index in [2.05, 4.69) is 58.9 Å². The lowest BCUT2D eigenvalue weighted by atomic mass is 10.0. The second-order valence-electron chi connectivity index (χ2n) is 7.89. The van der Waals surface area contributed by atoms with Gasteiger partial charge in [-0.1, -0.05) is 11.3 Å². The summed E-state index contributed by atoms with van der Waals surface area (Å²) >= 11 is 0. The van der Waals surface area contributed by atoms with Crippen molar-refractivity contribution in [3.63, 3.8) is 0 Å². The van der Waals surface area contributed by atoms with Gasteiger partial charge in [0.1, 0.15) is 5.69 Å². The van der Waals surface area contributed by atoms with Crippen LogP contribution in [0.4, 0.5) is 5.69 Å². The molecule has 0 radical (unpaired) electrons. The average molecular weight is 370 g/mol. The van der Waals surface area contributed by atoms with Crippen molar-refractivity contribution in [2.24, 2.45) is 0 Å². The Labute approximate surface area is 161 Å². The van der Waals surface area contributed by atoms with Gasteiger partial charge in [-0.2, -0.15) is 0 Å². The third kappa shape index (κ3) is 4.33. The number of anilines is 1. The van der Waals surface area contributed by atoms with E-state index in [1.165, 1.54) is 36.9 Å². The lowest BCUT2D eigenvalue weighted by Gasteiger charge is -2.34. The highest BCUT2D eigenvalue weighted by Gasteiger charge is 2.20. The Morgan fingerprint density at radius 3 is 2.93 bits per heavy atom. The third-order valence-electron chi connectivity index (χ3n) is 5.88. The van der Waals surface area contributed by atoms with Gasteiger partial charge in [-0.15, -0.1) is 5.10 Å². The van der Waals surface area contributed by atoms with Gasteiger partial charge in [-0.3, -0.25) is 0 Å². The predicted octanol–water partition coefficient (Wildman–Crippen LogP) is 3.01. The molecule has 146 valence electrons. The third-order valence-corrected chi connectivity index (χ3v) is 5.88. The van der Waals surface area contributed by atoms with Crippen LogP contribution in [0.15, 0.2) is 24.4 Å². The number of likely N-dealkylation sites (N-methyl/N-ethyl adjacent to an activating group) is 1. The van der Waals surface area contributed by atoms with Crippen LogP contribution in [0.3, 0.4) is 0 Å². The van der Waals surface area contributed by atoms with Crippen LogP contribution < -0.4 is 10.2 Å². The minimum atomic E-state index is 0.274. The zero-order chi connectivity index (χ0) is 18.6. The maximum atomic E-state index is 5.82. The van der Waals surface area contributed by atoms with Crippen molar-refractivity contribution in [3.05, 3.63) is 30.0 Å². The fourth-order valence-corrected chi connectivity index (χ4v) is 4.25. The number of hydrogen-bond donors (Lipinski definition) is 1. The SMILES string of the molecule is CNC1CCCN(c2ccc(-c3cn(CC4CCCCO4)nn3)c(C)c2)C1. The Hall–Kier alpha value is -1.92. The smallest absolute Gasteiger partial charge is 0.113 e. The molecule has 1 N–H and O–H groups in total. The Kier molecular flexibility index (Phi) is 5.74. The van der Waals surface area contributed by atoms with Gasteiger partial charge in [-0.05, 0) is 63.8 Å². The lowest BCUT2D eigenvalue weighted by molar-refractivity contribution is 0.00370. The summed E-state index contributed by atoms with van der Waals surface area (Å²) in [4.78, 5) is 2.48. The standard InChI is InChI=1S/C21H31N5O/c1-16-12-18(25-10-5-6-17(13-25)22-2)8-9-20(16)21-15-26(24-23-21)14-19-7-3-4-11-27-19/h8-9,12,15,17,19,22H,3-7,10-11,13-14H2,1-2H3. The summed E-state index contributed by atoms with van der Waals surface area (Å²) in [7, 11) is 2.06. The van der Waals surface area contributed by atoms with Gasteiger partial charge in [0, 0.05) is 37.0 Å². The van der Waals surface area contributed by atoms with Crippen LogP contribution >= 0.6 is 0 Å². The molecule has 2 aliphatic rings. The quantitative estimate of drug-likeness (QED) is 0.878. The van der Waals surface area contributed by atoms with Crippen LogP contribution in [0, 0.1) is 6.92 Å². The zero-order valence-corrected chi connectivity index (χ0v) is 16.5. The van der Waals surface area contributed by atoms with Crippen molar-refractivity contribution in [1.29, 1.82) is 0 Å². The normalized spacial score (nSPS) is 23.6. The molecular weight excluding hydrogens is 338 g/mol. The largest absolute Gasteiger partial charge is 0.376 e. The molecule has 0 amide bonds. The Bertz CT molecular complexity index is 753. The molecule has 0 spiro atoms. The van der Waals surface area contributed by atoms with Gasteiger partial charge in [0.25, 0.3) is 0 Å². The minimum Gasteiger partial charge on any atom is -0.376 e. The fraction of sp³-hybridized carbons (Fsp3) is 0.619. The Morgan fingerprint density at radius 2 is 2.15 bits per heavy atom. The average Bonchev–Trinajstić information content (AvgIpc) is 3.17. The van der Waals surface area contributed by atoms with Crippen molar-refractivity contribution < 1.29 is 4.74 Å².